The smallest absolute Gasteiger partial charge is 0.233 e. The normalized spacial score (nSPS) is 17.5. The second-order valence-electron chi connectivity index (χ2n) is 6.49. The number of rotatable bonds is 4. The summed E-state index contributed by atoms with van der Waals surface area (Å²) in [4.78, 5) is 29.3. The van der Waals surface area contributed by atoms with E-state index in [0.717, 1.165) is 21.4 Å². The first-order valence-electron chi connectivity index (χ1n) is 8.36. The molecule has 4 rings (SSSR count). The van der Waals surface area contributed by atoms with E-state index in [4.69, 9.17) is 11.6 Å². The summed E-state index contributed by atoms with van der Waals surface area (Å²) < 4.78 is 13.8. The van der Waals surface area contributed by atoms with Crippen molar-refractivity contribution < 1.29 is 14.0 Å². The number of carbonyl (C=O) groups excluding carboxylic acids is 2. The number of likely N-dealkylation sites (tertiary alicyclic amines) is 1. The molecule has 2 heterocycles. The average molecular weight is 371 g/mol. The predicted octanol–water partition coefficient (Wildman–Crippen LogP) is 4.08. The van der Waals surface area contributed by atoms with Gasteiger partial charge in [0.25, 0.3) is 0 Å². The number of H-pyrrole nitrogens is 1. The molecule has 0 radical (unpaired) electrons. The number of fused-ring (bicyclic) bond motifs is 1. The molecule has 1 N–H and O–H groups in total. The van der Waals surface area contributed by atoms with Gasteiger partial charge in [-0.2, -0.15) is 0 Å². The summed E-state index contributed by atoms with van der Waals surface area (Å²) in [6.07, 6.45) is 2.41. The maximum Gasteiger partial charge on any atom is 0.233 e. The standard InChI is InChI=1S/C20H16ClFN2O2/c21-16-6-3-5-15-14(10-23-19(15)16)8-13-9-18(25)24(20(13)26)11-12-4-1-2-7-17(12)22/h1-7,10,13,23H,8-9,11H2/t13-/m0/s1. The molecule has 26 heavy (non-hydrogen) atoms. The van der Waals surface area contributed by atoms with Crippen LogP contribution in [0.2, 0.25) is 5.02 Å². The Kier molecular flexibility index (Phi) is 4.24. The number of nitrogens with one attached hydrogen (secondary N) is 1. The molecule has 1 saturated heterocycles. The van der Waals surface area contributed by atoms with Crippen LogP contribution >= 0.6 is 11.6 Å². The summed E-state index contributed by atoms with van der Waals surface area (Å²) in [5, 5.41) is 1.56. The molecule has 2 amide bonds. The quantitative estimate of drug-likeness (QED) is 0.703. The van der Waals surface area contributed by atoms with Gasteiger partial charge in [-0.25, -0.2) is 4.39 Å². The second kappa shape index (κ2) is 6.57. The fourth-order valence-corrected chi connectivity index (χ4v) is 3.71. The molecule has 0 aliphatic carbocycles. The number of aromatic amines is 1. The van der Waals surface area contributed by atoms with Crippen molar-refractivity contribution >= 4 is 34.3 Å². The van der Waals surface area contributed by atoms with Crippen LogP contribution in [0.15, 0.2) is 48.7 Å². The molecule has 0 unspecified atom stereocenters. The van der Waals surface area contributed by atoms with Crippen molar-refractivity contribution in [3.05, 3.63) is 70.6 Å². The average Bonchev–Trinajstić information content (AvgIpc) is 3.14. The number of imide groups is 1. The van der Waals surface area contributed by atoms with Crippen LogP contribution < -0.4 is 0 Å². The molecule has 2 aromatic carbocycles. The van der Waals surface area contributed by atoms with E-state index in [1.807, 2.05) is 18.3 Å². The Morgan fingerprint density at radius 1 is 1.12 bits per heavy atom. The lowest BCUT2D eigenvalue weighted by molar-refractivity contribution is -0.140. The van der Waals surface area contributed by atoms with Crippen molar-refractivity contribution in [1.82, 2.24) is 9.88 Å². The number of hydrogen-bond donors (Lipinski definition) is 1. The summed E-state index contributed by atoms with van der Waals surface area (Å²) >= 11 is 6.17. The Labute approximate surface area is 154 Å². The Morgan fingerprint density at radius 3 is 2.73 bits per heavy atom. The number of carbonyl (C=O) groups is 2. The van der Waals surface area contributed by atoms with Crippen LogP contribution in [0, 0.1) is 11.7 Å². The van der Waals surface area contributed by atoms with Gasteiger partial charge >= 0.3 is 0 Å². The van der Waals surface area contributed by atoms with Gasteiger partial charge in [0.15, 0.2) is 0 Å². The van der Waals surface area contributed by atoms with Gasteiger partial charge in [-0.3, -0.25) is 14.5 Å². The molecule has 1 aliphatic heterocycles. The topological polar surface area (TPSA) is 53.2 Å². The first-order valence-corrected chi connectivity index (χ1v) is 8.74. The lowest BCUT2D eigenvalue weighted by atomic mass is 9.97. The highest BCUT2D eigenvalue weighted by molar-refractivity contribution is 6.35. The van der Waals surface area contributed by atoms with E-state index >= 15 is 0 Å². The molecule has 1 fully saturated rings. The van der Waals surface area contributed by atoms with Gasteiger partial charge in [-0.1, -0.05) is 41.9 Å². The molecule has 0 saturated carbocycles. The van der Waals surface area contributed by atoms with E-state index in [-0.39, 0.29) is 24.8 Å². The Hall–Kier alpha value is -2.66. The van der Waals surface area contributed by atoms with Crippen molar-refractivity contribution in [3.63, 3.8) is 0 Å². The molecule has 3 aromatic rings. The van der Waals surface area contributed by atoms with Crippen molar-refractivity contribution in [1.29, 1.82) is 0 Å². The van der Waals surface area contributed by atoms with Crippen molar-refractivity contribution in [2.75, 3.05) is 0 Å². The van der Waals surface area contributed by atoms with E-state index in [1.165, 1.54) is 6.07 Å². The number of amides is 2. The van der Waals surface area contributed by atoms with Crippen molar-refractivity contribution in [2.24, 2.45) is 5.92 Å². The first kappa shape index (κ1) is 16.8. The zero-order valence-electron chi connectivity index (χ0n) is 13.8. The van der Waals surface area contributed by atoms with Crippen molar-refractivity contribution in [2.45, 2.75) is 19.4 Å². The molecule has 1 aliphatic rings. The number of hydrogen-bond acceptors (Lipinski definition) is 2. The van der Waals surface area contributed by atoms with Crippen LogP contribution in [0.5, 0.6) is 0 Å². The molecule has 0 spiro atoms. The molecule has 0 bridgehead atoms. The molecule has 132 valence electrons. The highest BCUT2D eigenvalue weighted by atomic mass is 35.5. The second-order valence-corrected chi connectivity index (χ2v) is 6.90. The SMILES string of the molecule is O=C1C[C@H](Cc2c[nH]c3c(Cl)cccc23)C(=O)N1Cc1ccccc1F. The summed E-state index contributed by atoms with van der Waals surface area (Å²) in [6.45, 7) is -0.0272. The first-order chi connectivity index (χ1) is 12.5. The molecule has 1 atom stereocenters. The number of benzene rings is 2. The summed E-state index contributed by atoms with van der Waals surface area (Å²) in [6, 6.07) is 11.8. The maximum absolute atomic E-state index is 13.8. The Morgan fingerprint density at radius 2 is 1.92 bits per heavy atom. The van der Waals surface area contributed by atoms with Gasteiger partial charge in [0.05, 0.1) is 23.0 Å². The molecule has 1 aromatic heterocycles. The monoisotopic (exact) mass is 370 g/mol. The van der Waals surface area contributed by atoms with E-state index in [2.05, 4.69) is 4.98 Å². The van der Waals surface area contributed by atoms with Gasteiger partial charge < -0.3 is 4.98 Å². The van der Waals surface area contributed by atoms with Crippen molar-refractivity contribution in [3.8, 4) is 0 Å². The highest BCUT2D eigenvalue weighted by Gasteiger charge is 2.38. The minimum absolute atomic E-state index is 0.0272. The van der Waals surface area contributed by atoms with Crippen LogP contribution in [0.4, 0.5) is 4.39 Å². The van der Waals surface area contributed by atoms with Gasteiger partial charge in [0.2, 0.25) is 11.8 Å². The summed E-state index contributed by atoms with van der Waals surface area (Å²) in [5.41, 5.74) is 2.11. The van der Waals surface area contributed by atoms with Crippen LogP contribution in [0.25, 0.3) is 10.9 Å². The fourth-order valence-electron chi connectivity index (χ4n) is 3.48. The van der Waals surface area contributed by atoms with Crippen LogP contribution in [-0.4, -0.2) is 21.7 Å². The lowest BCUT2D eigenvalue weighted by Gasteiger charge is -2.15. The predicted molar refractivity (Wildman–Crippen MR) is 97.1 cm³/mol. The van der Waals surface area contributed by atoms with Gasteiger partial charge in [-0.05, 0) is 24.1 Å². The molecular weight excluding hydrogens is 355 g/mol. The third-order valence-corrected chi connectivity index (χ3v) is 5.16. The zero-order valence-corrected chi connectivity index (χ0v) is 14.6. The van der Waals surface area contributed by atoms with E-state index < -0.39 is 11.7 Å². The Balaban J connectivity index is 1.55. The molecule has 6 heteroatoms. The Bertz CT molecular complexity index is 1010. The third kappa shape index (κ3) is 2.88. The minimum atomic E-state index is -0.438. The van der Waals surface area contributed by atoms with E-state index in [1.54, 1.807) is 24.3 Å². The molecular formula is C20H16ClFN2O2. The number of halogens is 2. The third-order valence-electron chi connectivity index (χ3n) is 4.84. The van der Waals surface area contributed by atoms with Gasteiger partial charge in [0.1, 0.15) is 5.82 Å². The lowest BCUT2D eigenvalue weighted by Crippen LogP contribution is -2.30. The number of nitrogens with zero attached hydrogens (tertiary/aromatic N) is 1. The number of para-hydroxylation sites is 1. The fraction of sp³-hybridized carbons (Fsp3) is 0.200. The maximum atomic E-state index is 13.8. The van der Waals surface area contributed by atoms with Crippen LogP contribution in [-0.2, 0) is 22.6 Å². The largest absolute Gasteiger partial charge is 0.360 e. The van der Waals surface area contributed by atoms with E-state index in [9.17, 15) is 14.0 Å². The number of aromatic nitrogens is 1. The summed E-state index contributed by atoms with van der Waals surface area (Å²) in [5.74, 6) is -1.37. The van der Waals surface area contributed by atoms with Crippen LogP contribution in [0.1, 0.15) is 17.5 Å². The van der Waals surface area contributed by atoms with Crippen LogP contribution in [0.3, 0.4) is 0 Å². The summed E-state index contributed by atoms with van der Waals surface area (Å²) in [7, 11) is 0. The van der Waals surface area contributed by atoms with Gasteiger partial charge in [-0.15, -0.1) is 0 Å². The highest BCUT2D eigenvalue weighted by Crippen LogP contribution is 2.30. The van der Waals surface area contributed by atoms with Gasteiger partial charge in [0, 0.05) is 23.6 Å². The zero-order chi connectivity index (χ0) is 18.3. The van der Waals surface area contributed by atoms with E-state index in [0.29, 0.717) is 17.0 Å². The molecule has 4 nitrogen and oxygen atoms in total. The minimum Gasteiger partial charge on any atom is -0.360 e.